The summed E-state index contributed by atoms with van der Waals surface area (Å²) >= 11 is 1.45. The number of amides is 2. The lowest BCUT2D eigenvalue weighted by atomic mass is 10.00. The number of H-pyrrole nitrogens is 1. The van der Waals surface area contributed by atoms with Gasteiger partial charge in [-0.3, -0.25) is 9.59 Å². The number of aromatic nitrogens is 2. The highest BCUT2D eigenvalue weighted by Crippen LogP contribution is 2.33. The van der Waals surface area contributed by atoms with E-state index < -0.39 is 0 Å². The van der Waals surface area contributed by atoms with Crippen LogP contribution in [0, 0.1) is 11.7 Å². The van der Waals surface area contributed by atoms with Gasteiger partial charge < -0.3 is 20.4 Å². The average molecular weight is 543 g/mol. The number of nitrogens with zero attached hydrogens (tertiary/aromatic N) is 1. The number of rotatable bonds is 6. The summed E-state index contributed by atoms with van der Waals surface area (Å²) < 4.78 is 20.0. The van der Waals surface area contributed by atoms with Gasteiger partial charge in [0, 0.05) is 36.2 Å². The van der Waals surface area contributed by atoms with E-state index in [9.17, 15) is 14.0 Å². The summed E-state index contributed by atoms with van der Waals surface area (Å²) in [5, 5.41) is 7.33. The Morgan fingerprint density at radius 2 is 1.87 bits per heavy atom. The van der Waals surface area contributed by atoms with Crippen LogP contribution in [-0.4, -0.2) is 35.0 Å². The van der Waals surface area contributed by atoms with E-state index in [0.717, 1.165) is 45.1 Å². The molecule has 3 N–H and O–H groups in total. The Bertz CT molecular complexity index is 1690. The van der Waals surface area contributed by atoms with Crippen molar-refractivity contribution >= 4 is 49.4 Å². The Balaban J connectivity index is 1.23. The zero-order chi connectivity index (χ0) is 26.9. The van der Waals surface area contributed by atoms with Crippen molar-refractivity contribution in [1.82, 2.24) is 15.3 Å². The lowest BCUT2D eigenvalue weighted by molar-refractivity contribution is -0.122. The molecule has 0 spiro atoms. The van der Waals surface area contributed by atoms with Gasteiger partial charge in [0.1, 0.15) is 5.82 Å². The van der Waals surface area contributed by atoms with E-state index in [1.807, 2.05) is 37.3 Å². The molecule has 1 unspecified atom stereocenters. The van der Waals surface area contributed by atoms with Crippen molar-refractivity contribution in [1.29, 1.82) is 0 Å². The summed E-state index contributed by atoms with van der Waals surface area (Å²) in [5.74, 6) is -0.624. The SMILES string of the molecule is CC(NC(=O)c1c[nH]c2ccc(-c3ccc4nc(NC(=O)C5CCOCC5)sc4c3)cc12)c1cccc(F)c1. The molecule has 0 aliphatic carbocycles. The predicted molar refractivity (Wildman–Crippen MR) is 151 cm³/mol. The largest absolute Gasteiger partial charge is 0.381 e. The fourth-order valence-electron chi connectivity index (χ4n) is 4.95. The van der Waals surface area contributed by atoms with Crippen molar-refractivity contribution in [3.05, 3.63) is 83.8 Å². The molecule has 0 bridgehead atoms. The molecule has 39 heavy (non-hydrogen) atoms. The second kappa shape index (κ2) is 10.6. The zero-order valence-corrected chi connectivity index (χ0v) is 22.1. The fraction of sp³-hybridized carbons (Fsp3) is 0.233. The second-order valence-corrected chi connectivity index (χ2v) is 10.8. The highest BCUT2D eigenvalue weighted by atomic mass is 32.1. The first-order valence-electron chi connectivity index (χ1n) is 12.9. The summed E-state index contributed by atoms with van der Waals surface area (Å²) in [4.78, 5) is 33.5. The third-order valence-electron chi connectivity index (χ3n) is 7.17. The number of carbonyl (C=O) groups is 2. The molecular weight excluding hydrogens is 515 g/mol. The van der Waals surface area contributed by atoms with Gasteiger partial charge in [0.05, 0.1) is 21.8 Å². The molecule has 6 rings (SSSR count). The quantitative estimate of drug-likeness (QED) is 0.230. The normalized spacial score (nSPS) is 14.9. The van der Waals surface area contributed by atoms with E-state index >= 15 is 0 Å². The van der Waals surface area contributed by atoms with Crippen LogP contribution in [0.1, 0.15) is 41.7 Å². The number of hydrogen-bond acceptors (Lipinski definition) is 5. The number of halogens is 1. The first kappa shape index (κ1) is 25.2. The van der Waals surface area contributed by atoms with Crippen LogP contribution in [0.5, 0.6) is 0 Å². The summed E-state index contributed by atoms with van der Waals surface area (Å²) in [5.41, 5.74) is 4.82. The molecule has 1 fully saturated rings. The maximum atomic E-state index is 13.6. The zero-order valence-electron chi connectivity index (χ0n) is 21.3. The first-order chi connectivity index (χ1) is 18.9. The number of nitrogens with one attached hydrogen (secondary N) is 3. The summed E-state index contributed by atoms with van der Waals surface area (Å²) in [7, 11) is 0. The van der Waals surface area contributed by atoms with Crippen LogP contribution in [0.25, 0.3) is 32.2 Å². The van der Waals surface area contributed by atoms with E-state index in [4.69, 9.17) is 4.74 Å². The molecule has 1 saturated heterocycles. The number of carbonyl (C=O) groups excluding carboxylic acids is 2. The molecule has 2 aromatic heterocycles. The van der Waals surface area contributed by atoms with Gasteiger partial charge in [-0.2, -0.15) is 0 Å². The molecule has 5 aromatic rings. The van der Waals surface area contributed by atoms with Crippen LogP contribution in [0.2, 0.25) is 0 Å². The molecule has 1 aliphatic rings. The van der Waals surface area contributed by atoms with Crippen molar-refractivity contribution in [3.8, 4) is 11.1 Å². The van der Waals surface area contributed by atoms with Gasteiger partial charge in [-0.1, -0.05) is 35.6 Å². The van der Waals surface area contributed by atoms with Gasteiger partial charge >= 0.3 is 0 Å². The van der Waals surface area contributed by atoms with E-state index in [1.165, 1.54) is 23.5 Å². The highest BCUT2D eigenvalue weighted by molar-refractivity contribution is 7.22. The number of fused-ring (bicyclic) bond motifs is 2. The monoisotopic (exact) mass is 542 g/mol. The predicted octanol–water partition coefficient (Wildman–Crippen LogP) is 6.44. The van der Waals surface area contributed by atoms with Crippen LogP contribution in [-0.2, 0) is 9.53 Å². The minimum absolute atomic E-state index is 0.00647. The Morgan fingerprint density at radius 3 is 2.69 bits per heavy atom. The smallest absolute Gasteiger partial charge is 0.253 e. The molecule has 198 valence electrons. The maximum absolute atomic E-state index is 13.6. The van der Waals surface area contributed by atoms with Gasteiger partial charge in [0.25, 0.3) is 5.91 Å². The molecule has 7 nitrogen and oxygen atoms in total. The molecule has 0 radical (unpaired) electrons. The second-order valence-electron chi connectivity index (χ2n) is 9.79. The minimum Gasteiger partial charge on any atom is -0.381 e. The van der Waals surface area contributed by atoms with Gasteiger partial charge in [0.2, 0.25) is 5.91 Å². The van der Waals surface area contributed by atoms with Crippen LogP contribution < -0.4 is 10.6 Å². The van der Waals surface area contributed by atoms with Crippen LogP contribution in [0.3, 0.4) is 0 Å². The number of aromatic amines is 1. The number of anilines is 1. The van der Waals surface area contributed by atoms with Gasteiger partial charge in [-0.25, -0.2) is 9.37 Å². The molecule has 9 heteroatoms. The van der Waals surface area contributed by atoms with Crippen molar-refractivity contribution in [2.75, 3.05) is 18.5 Å². The van der Waals surface area contributed by atoms with Crippen molar-refractivity contribution in [2.24, 2.45) is 5.92 Å². The van der Waals surface area contributed by atoms with Crippen LogP contribution in [0.4, 0.5) is 9.52 Å². The third kappa shape index (κ3) is 5.28. The average Bonchev–Trinajstić information content (AvgIpc) is 3.56. The molecule has 0 saturated carbocycles. The highest BCUT2D eigenvalue weighted by Gasteiger charge is 2.22. The van der Waals surface area contributed by atoms with Crippen molar-refractivity contribution < 1.29 is 18.7 Å². The molecule has 1 aliphatic heterocycles. The van der Waals surface area contributed by atoms with Gasteiger partial charge in [0.15, 0.2) is 5.13 Å². The summed E-state index contributed by atoms with van der Waals surface area (Å²) in [6.07, 6.45) is 3.15. The lowest BCUT2D eigenvalue weighted by Gasteiger charge is -2.20. The van der Waals surface area contributed by atoms with E-state index in [-0.39, 0.29) is 29.6 Å². The van der Waals surface area contributed by atoms with Crippen molar-refractivity contribution in [3.63, 3.8) is 0 Å². The standard InChI is InChI=1S/C30H27FN4O3S/c1-17(19-3-2-4-22(31)13-19)33-29(37)24-16-32-25-7-5-20(14-23(24)25)21-6-8-26-27(15-21)39-30(34-26)35-28(36)18-9-11-38-12-10-18/h2-8,13-18,32H,9-12H2,1H3,(H,33,37)(H,34,35,36). The lowest BCUT2D eigenvalue weighted by Crippen LogP contribution is -2.28. The van der Waals surface area contributed by atoms with E-state index in [1.54, 1.807) is 18.3 Å². The molecule has 3 heterocycles. The van der Waals surface area contributed by atoms with Crippen LogP contribution >= 0.6 is 11.3 Å². The van der Waals surface area contributed by atoms with E-state index in [2.05, 4.69) is 26.7 Å². The number of ether oxygens (including phenoxy) is 1. The van der Waals surface area contributed by atoms with E-state index in [0.29, 0.717) is 29.5 Å². The first-order valence-corrected chi connectivity index (χ1v) is 13.7. The number of hydrogen-bond donors (Lipinski definition) is 3. The third-order valence-corrected chi connectivity index (χ3v) is 8.10. The summed E-state index contributed by atoms with van der Waals surface area (Å²) in [6.45, 7) is 3.06. The minimum atomic E-state index is -0.351. The topological polar surface area (TPSA) is 96.1 Å². The van der Waals surface area contributed by atoms with Crippen molar-refractivity contribution in [2.45, 2.75) is 25.8 Å². The summed E-state index contributed by atoms with van der Waals surface area (Å²) in [6, 6.07) is 17.8. The molecule has 3 aromatic carbocycles. The molecule has 1 atom stereocenters. The van der Waals surface area contributed by atoms with Gasteiger partial charge in [-0.15, -0.1) is 0 Å². The number of benzene rings is 3. The Kier molecular flexibility index (Phi) is 6.85. The Hall–Kier alpha value is -4.08. The molecular formula is C30H27FN4O3S. The fourth-order valence-corrected chi connectivity index (χ4v) is 5.85. The Labute approximate surface area is 228 Å². The van der Waals surface area contributed by atoms with Gasteiger partial charge in [-0.05, 0) is 72.9 Å². The molecule has 2 amide bonds. The Morgan fingerprint density at radius 1 is 1.08 bits per heavy atom. The number of thiazole rings is 1. The van der Waals surface area contributed by atoms with Crippen LogP contribution in [0.15, 0.2) is 66.9 Å². The maximum Gasteiger partial charge on any atom is 0.253 e.